The van der Waals surface area contributed by atoms with Crippen molar-refractivity contribution in [3.05, 3.63) is 33.0 Å². The molecule has 0 aromatic carbocycles. The first kappa shape index (κ1) is 11.6. The van der Waals surface area contributed by atoms with Gasteiger partial charge in [-0.25, -0.2) is 4.98 Å². The Balaban J connectivity index is 1.92. The molecule has 0 aliphatic heterocycles. The minimum absolute atomic E-state index is 0.321. The van der Waals surface area contributed by atoms with Gasteiger partial charge in [-0.3, -0.25) is 0 Å². The van der Waals surface area contributed by atoms with E-state index >= 15 is 0 Å². The molecule has 0 aliphatic carbocycles. The molecule has 0 saturated heterocycles. The lowest BCUT2D eigenvalue weighted by Gasteiger charge is -2.05. The highest BCUT2D eigenvalue weighted by atomic mass is 35.5. The summed E-state index contributed by atoms with van der Waals surface area (Å²) >= 11 is 13.2. The zero-order chi connectivity index (χ0) is 11.4. The Labute approximate surface area is 107 Å². The summed E-state index contributed by atoms with van der Waals surface area (Å²) < 4.78 is 0. The Morgan fingerprint density at radius 3 is 2.94 bits per heavy atom. The van der Waals surface area contributed by atoms with Crippen LogP contribution in [-0.2, 0) is 6.42 Å². The van der Waals surface area contributed by atoms with Crippen LogP contribution in [0.1, 0.15) is 5.01 Å². The van der Waals surface area contributed by atoms with Gasteiger partial charge in [0.2, 0.25) is 0 Å². The molecule has 0 spiro atoms. The van der Waals surface area contributed by atoms with Crippen molar-refractivity contribution in [1.29, 1.82) is 0 Å². The lowest BCUT2D eigenvalue weighted by atomic mass is 10.4. The predicted molar refractivity (Wildman–Crippen MR) is 66.4 cm³/mol. The van der Waals surface area contributed by atoms with Gasteiger partial charge in [0, 0.05) is 30.6 Å². The first-order valence-electron chi connectivity index (χ1n) is 4.56. The quantitative estimate of drug-likeness (QED) is 0.932. The highest BCUT2D eigenvalue weighted by molar-refractivity contribution is 7.09. The molecule has 1 N–H and O–H groups in total. The average molecular weight is 275 g/mol. The number of halogens is 2. The van der Waals surface area contributed by atoms with Crippen LogP contribution in [0.4, 0.5) is 5.69 Å². The Morgan fingerprint density at radius 1 is 1.31 bits per heavy atom. The molecule has 4 nitrogen and oxygen atoms in total. The third kappa shape index (κ3) is 3.04. The van der Waals surface area contributed by atoms with Gasteiger partial charge in [0.05, 0.1) is 10.7 Å². The first-order valence-corrected chi connectivity index (χ1v) is 6.20. The maximum absolute atomic E-state index is 5.85. The summed E-state index contributed by atoms with van der Waals surface area (Å²) in [7, 11) is 0. The number of hydrogen-bond donors (Lipinski definition) is 1. The van der Waals surface area contributed by atoms with Gasteiger partial charge in [-0.2, -0.15) is 0 Å². The van der Waals surface area contributed by atoms with Gasteiger partial charge < -0.3 is 5.32 Å². The molecule has 0 fully saturated rings. The van der Waals surface area contributed by atoms with Crippen LogP contribution >= 0.6 is 34.5 Å². The topological polar surface area (TPSA) is 50.7 Å². The second-order valence-electron chi connectivity index (χ2n) is 2.97. The van der Waals surface area contributed by atoms with Crippen LogP contribution in [-0.4, -0.2) is 21.7 Å². The van der Waals surface area contributed by atoms with E-state index in [4.69, 9.17) is 23.2 Å². The number of rotatable bonds is 4. The summed E-state index contributed by atoms with van der Waals surface area (Å²) in [6, 6.07) is 1.65. The van der Waals surface area contributed by atoms with E-state index in [0.717, 1.165) is 18.0 Å². The molecule has 0 saturated carbocycles. The van der Waals surface area contributed by atoms with Crippen molar-refractivity contribution in [3.63, 3.8) is 0 Å². The van der Waals surface area contributed by atoms with Gasteiger partial charge in [0.25, 0.3) is 0 Å². The van der Waals surface area contributed by atoms with Crippen molar-refractivity contribution < 1.29 is 0 Å². The van der Waals surface area contributed by atoms with E-state index in [1.807, 2.05) is 5.38 Å². The van der Waals surface area contributed by atoms with Crippen LogP contribution in [0.3, 0.4) is 0 Å². The molecule has 2 heterocycles. The molecule has 0 bridgehead atoms. The standard InChI is InChI=1S/C9H8Cl2N4S/c10-7-5-6(9(11)15-14-7)12-2-1-8-13-3-4-16-8/h3-5H,1-2H2,(H,12,14). The lowest BCUT2D eigenvalue weighted by molar-refractivity contribution is 0.980. The normalized spacial score (nSPS) is 10.4. The SMILES string of the molecule is Clc1cc(NCCc2nccs2)c(Cl)nn1. The van der Waals surface area contributed by atoms with E-state index in [-0.39, 0.29) is 0 Å². The maximum Gasteiger partial charge on any atom is 0.174 e. The van der Waals surface area contributed by atoms with Gasteiger partial charge >= 0.3 is 0 Å². The molecule has 0 aliphatic rings. The van der Waals surface area contributed by atoms with Crippen LogP contribution in [0.15, 0.2) is 17.6 Å². The molecule has 84 valence electrons. The van der Waals surface area contributed by atoms with Gasteiger partial charge in [-0.05, 0) is 0 Å². The molecule has 2 aromatic rings. The number of nitrogens with one attached hydrogen (secondary N) is 1. The van der Waals surface area contributed by atoms with Crippen LogP contribution in [0.25, 0.3) is 0 Å². The fourth-order valence-corrected chi connectivity index (χ4v) is 2.08. The van der Waals surface area contributed by atoms with Crippen molar-refractivity contribution in [2.24, 2.45) is 0 Å². The summed E-state index contributed by atoms with van der Waals surface area (Å²) in [5.41, 5.74) is 0.693. The Bertz CT molecular complexity index is 461. The van der Waals surface area contributed by atoms with Gasteiger partial charge in [-0.15, -0.1) is 21.5 Å². The zero-order valence-corrected chi connectivity index (χ0v) is 10.5. The average Bonchev–Trinajstić information content (AvgIpc) is 2.76. The highest BCUT2D eigenvalue weighted by Gasteiger charge is 2.03. The summed E-state index contributed by atoms with van der Waals surface area (Å²) in [5.74, 6) is 0. The van der Waals surface area contributed by atoms with Gasteiger partial charge in [-0.1, -0.05) is 23.2 Å². The van der Waals surface area contributed by atoms with E-state index in [0.29, 0.717) is 16.0 Å². The lowest BCUT2D eigenvalue weighted by Crippen LogP contribution is -2.06. The molecular formula is C9H8Cl2N4S. The first-order chi connectivity index (χ1) is 7.75. The number of nitrogens with zero attached hydrogens (tertiary/aromatic N) is 3. The fraction of sp³-hybridized carbons (Fsp3) is 0.222. The van der Waals surface area contributed by atoms with Crippen LogP contribution in [0.2, 0.25) is 10.3 Å². The molecule has 16 heavy (non-hydrogen) atoms. The minimum Gasteiger partial charge on any atom is -0.382 e. The molecule has 2 rings (SSSR count). The molecule has 7 heteroatoms. The monoisotopic (exact) mass is 274 g/mol. The van der Waals surface area contributed by atoms with Crippen molar-refractivity contribution in [2.45, 2.75) is 6.42 Å². The Kier molecular flexibility index (Phi) is 3.93. The van der Waals surface area contributed by atoms with Crippen molar-refractivity contribution in [1.82, 2.24) is 15.2 Å². The maximum atomic E-state index is 5.85. The number of anilines is 1. The number of hydrogen-bond acceptors (Lipinski definition) is 5. The van der Waals surface area contributed by atoms with Gasteiger partial charge in [0.1, 0.15) is 0 Å². The van der Waals surface area contributed by atoms with E-state index < -0.39 is 0 Å². The summed E-state index contributed by atoms with van der Waals surface area (Å²) in [5, 5.41) is 14.1. The molecule has 2 aromatic heterocycles. The van der Waals surface area contributed by atoms with E-state index in [9.17, 15) is 0 Å². The van der Waals surface area contributed by atoms with E-state index in [1.165, 1.54) is 0 Å². The van der Waals surface area contributed by atoms with Crippen LogP contribution < -0.4 is 5.32 Å². The third-order valence-corrected chi connectivity index (χ3v) is 3.16. The van der Waals surface area contributed by atoms with E-state index in [2.05, 4.69) is 20.5 Å². The predicted octanol–water partition coefficient (Wildman–Crippen LogP) is 2.89. The van der Waals surface area contributed by atoms with Crippen LogP contribution in [0, 0.1) is 0 Å². The summed E-state index contributed by atoms with van der Waals surface area (Å²) in [6.07, 6.45) is 2.63. The molecule has 0 atom stereocenters. The number of aromatic nitrogens is 3. The van der Waals surface area contributed by atoms with Crippen molar-refractivity contribution in [3.8, 4) is 0 Å². The molecular weight excluding hydrogens is 267 g/mol. The summed E-state index contributed by atoms with van der Waals surface area (Å²) in [4.78, 5) is 4.18. The van der Waals surface area contributed by atoms with E-state index in [1.54, 1.807) is 23.6 Å². The molecule has 0 amide bonds. The second-order valence-corrected chi connectivity index (χ2v) is 4.70. The number of thiazole rings is 1. The van der Waals surface area contributed by atoms with Crippen molar-refractivity contribution in [2.75, 3.05) is 11.9 Å². The van der Waals surface area contributed by atoms with Crippen LogP contribution in [0.5, 0.6) is 0 Å². The smallest absolute Gasteiger partial charge is 0.174 e. The molecule has 0 radical (unpaired) electrons. The molecule has 0 unspecified atom stereocenters. The zero-order valence-electron chi connectivity index (χ0n) is 8.15. The second kappa shape index (κ2) is 5.43. The third-order valence-electron chi connectivity index (χ3n) is 1.86. The van der Waals surface area contributed by atoms with Gasteiger partial charge in [0.15, 0.2) is 10.3 Å². The largest absolute Gasteiger partial charge is 0.382 e. The Morgan fingerprint density at radius 2 is 2.19 bits per heavy atom. The van der Waals surface area contributed by atoms with Crippen molar-refractivity contribution >= 4 is 40.2 Å². The minimum atomic E-state index is 0.321. The summed E-state index contributed by atoms with van der Waals surface area (Å²) in [6.45, 7) is 0.731. The highest BCUT2D eigenvalue weighted by Crippen LogP contribution is 2.20. The fourth-order valence-electron chi connectivity index (χ4n) is 1.16. The Hall–Kier alpha value is -0.910.